The van der Waals surface area contributed by atoms with E-state index in [1.54, 1.807) is 12.5 Å². The third-order valence-corrected chi connectivity index (χ3v) is 9.76. The van der Waals surface area contributed by atoms with Crippen LogP contribution in [0.4, 0.5) is 8.78 Å². The zero-order valence-electron chi connectivity index (χ0n) is 17.8. The fourth-order valence-electron chi connectivity index (χ4n) is 8.33. The maximum absolute atomic E-state index is 13.4. The monoisotopic (exact) mass is 420 g/mol. The summed E-state index contributed by atoms with van der Waals surface area (Å²) in [6.07, 6.45) is 8.74. The van der Waals surface area contributed by atoms with Crippen LogP contribution in [0, 0.1) is 40.9 Å². The molecule has 0 aromatic carbocycles. The second kappa shape index (κ2) is 7.39. The van der Waals surface area contributed by atoms with Crippen molar-refractivity contribution in [2.24, 2.45) is 40.9 Å². The first-order valence-electron chi connectivity index (χ1n) is 11.8. The number of aromatic nitrogens is 2. The summed E-state index contributed by atoms with van der Waals surface area (Å²) in [4.78, 5) is 20.3. The van der Waals surface area contributed by atoms with Crippen LogP contribution in [0.15, 0.2) is 12.5 Å². The van der Waals surface area contributed by atoms with Crippen LogP contribution in [0.5, 0.6) is 0 Å². The van der Waals surface area contributed by atoms with Crippen molar-refractivity contribution in [3.05, 3.63) is 18.2 Å². The van der Waals surface area contributed by atoms with E-state index >= 15 is 0 Å². The number of H-pyrrole nitrogens is 1. The molecular weight excluding hydrogens is 386 g/mol. The number of ketones is 1. The predicted octanol–water partition coefficient (Wildman–Crippen LogP) is 4.79. The van der Waals surface area contributed by atoms with E-state index in [1.165, 1.54) is 0 Å². The minimum absolute atomic E-state index is 0.0729. The second-order valence-electron chi connectivity index (χ2n) is 11.0. The Labute approximate surface area is 177 Å². The molecule has 1 heterocycles. The van der Waals surface area contributed by atoms with Gasteiger partial charge in [-0.05, 0) is 92.8 Å². The molecule has 0 spiro atoms. The molecule has 0 bridgehead atoms. The Hall–Kier alpha value is -1.30. The van der Waals surface area contributed by atoms with Gasteiger partial charge < -0.3 is 10.1 Å². The Morgan fingerprint density at radius 2 is 1.97 bits per heavy atom. The Morgan fingerprint density at radius 3 is 2.70 bits per heavy atom. The lowest BCUT2D eigenvalue weighted by atomic mass is 9.49. The summed E-state index contributed by atoms with van der Waals surface area (Å²) in [5.74, 6) is 2.97. The van der Waals surface area contributed by atoms with Crippen LogP contribution in [-0.2, 0) is 11.2 Å². The van der Waals surface area contributed by atoms with Gasteiger partial charge >= 0.3 is 0 Å². The molecule has 0 amide bonds. The van der Waals surface area contributed by atoms with Crippen molar-refractivity contribution in [1.82, 2.24) is 9.97 Å². The number of hydrogen-bond acceptors (Lipinski definition) is 3. The molecule has 0 saturated heterocycles. The van der Waals surface area contributed by atoms with Crippen LogP contribution in [0.2, 0.25) is 0 Å². The first-order valence-corrected chi connectivity index (χ1v) is 11.8. The Kier molecular flexibility index (Phi) is 5.07. The quantitative estimate of drug-likeness (QED) is 0.736. The van der Waals surface area contributed by atoms with E-state index in [0.717, 1.165) is 50.6 Å². The highest BCUT2D eigenvalue weighted by molar-refractivity contribution is 5.84. The van der Waals surface area contributed by atoms with E-state index in [4.69, 9.17) is 0 Å². The van der Waals surface area contributed by atoms with Gasteiger partial charge in [0, 0.05) is 24.2 Å². The third kappa shape index (κ3) is 3.16. The number of carbonyl (C=O) groups excluding carboxylic acids is 1. The van der Waals surface area contributed by atoms with Crippen molar-refractivity contribution < 1.29 is 18.7 Å². The molecule has 4 nitrogen and oxygen atoms in total. The first kappa shape index (κ1) is 20.6. The Balaban J connectivity index is 1.30. The van der Waals surface area contributed by atoms with Gasteiger partial charge in [-0.3, -0.25) is 4.79 Å². The van der Waals surface area contributed by atoms with Crippen LogP contribution in [0.25, 0.3) is 0 Å². The molecule has 1 aromatic rings. The second-order valence-corrected chi connectivity index (χ2v) is 11.0. The van der Waals surface area contributed by atoms with Crippen LogP contribution >= 0.6 is 0 Å². The van der Waals surface area contributed by atoms with Crippen molar-refractivity contribution in [2.75, 3.05) is 0 Å². The molecular formula is C24H34F2N2O2. The maximum Gasteiger partial charge on any atom is 0.266 e. The number of aliphatic hydroxyl groups is 1. The topological polar surface area (TPSA) is 66.0 Å². The number of fused-ring (bicyclic) bond motifs is 5. The fraction of sp³-hybridized carbons (Fsp3) is 0.833. The minimum atomic E-state index is -2.64. The molecule has 2 N–H and O–H groups in total. The van der Waals surface area contributed by atoms with Gasteiger partial charge in [-0.15, -0.1) is 0 Å². The number of rotatable bonds is 4. The summed E-state index contributed by atoms with van der Waals surface area (Å²) < 4.78 is 26.8. The van der Waals surface area contributed by atoms with Crippen LogP contribution in [-0.4, -0.2) is 32.9 Å². The molecule has 4 fully saturated rings. The standard InChI is InChI=1S/C24H34F2N2O2/c1-23-8-6-17-16-7-9-24(30,22(25)26)11-14(16)2-3-18(17)19(23)4-5-20(23)21(29)10-15-12-27-13-28-15/h12-14,16-20,22,30H,2-11H2,1H3,(H,27,28)/t14-,16+,17-,18-,19+,20-,23+,24-/m1/s1. The van der Waals surface area contributed by atoms with Gasteiger partial charge in [0.25, 0.3) is 6.43 Å². The first-order chi connectivity index (χ1) is 14.3. The number of aromatic amines is 1. The third-order valence-electron chi connectivity index (χ3n) is 9.76. The number of halogens is 2. The molecule has 0 unspecified atom stereocenters. The molecule has 8 atom stereocenters. The van der Waals surface area contributed by atoms with E-state index in [0.29, 0.717) is 35.9 Å². The number of hydrogen-bond donors (Lipinski definition) is 2. The van der Waals surface area contributed by atoms with E-state index in [-0.39, 0.29) is 30.1 Å². The number of imidazole rings is 1. The molecule has 166 valence electrons. The molecule has 0 radical (unpaired) electrons. The Bertz CT molecular complexity index is 784. The van der Waals surface area contributed by atoms with E-state index in [1.807, 2.05) is 0 Å². The minimum Gasteiger partial charge on any atom is -0.384 e. The van der Waals surface area contributed by atoms with E-state index in [2.05, 4.69) is 16.9 Å². The van der Waals surface area contributed by atoms with Gasteiger partial charge in [0.05, 0.1) is 6.33 Å². The van der Waals surface area contributed by atoms with Crippen LogP contribution < -0.4 is 0 Å². The largest absolute Gasteiger partial charge is 0.384 e. The lowest BCUT2D eigenvalue weighted by molar-refractivity contribution is -0.160. The van der Waals surface area contributed by atoms with Gasteiger partial charge in [0.1, 0.15) is 11.4 Å². The summed E-state index contributed by atoms with van der Waals surface area (Å²) in [5.41, 5.74) is -0.798. The van der Waals surface area contributed by atoms with Crippen LogP contribution in [0.1, 0.15) is 70.4 Å². The van der Waals surface area contributed by atoms with Crippen molar-refractivity contribution in [3.63, 3.8) is 0 Å². The molecule has 4 aliphatic rings. The van der Waals surface area contributed by atoms with Gasteiger partial charge in [-0.2, -0.15) is 0 Å². The lowest BCUT2D eigenvalue weighted by Crippen LogP contribution is -2.53. The number of Topliss-reactive ketones (excluding diaryl/α,β-unsaturated/α-hetero) is 1. The fourth-order valence-corrected chi connectivity index (χ4v) is 8.33. The Morgan fingerprint density at radius 1 is 1.17 bits per heavy atom. The number of nitrogens with zero attached hydrogens (tertiary/aromatic N) is 1. The molecule has 4 saturated carbocycles. The zero-order chi connectivity index (χ0) is 21.1. The summed E-state index contributed by atoms with van der Waals surface area (Å²) in [6.45, 7) is 2.35. The summed E-state index contributed by atoms with van der Waals surface area (Å²) >= 11 is 0. The highest BCUT2D eigenvalue weighted by atomic mass is 19.3. The average molecular weight is 421 g/mol. The number of carbonyl (C=O) groups is 1. The number of alkyl halides is 2. The smallest absolute Gasteiger partial charge is 0.266 e. The molecule has 30 heavy (non-hydrogen) atoms. The molecule has 5 rings (SSSR count). The zero-order valence-corrected chi connectivity index (χ0v) is 17.8. The molecule has 1 aromatic heterocycles. The van der Waals surface area contributed by atoms with Gasteiger partial charge in [-0.25, -0.2) is 13.8 Å². The molecule has 4 aliphatic carbocycles. The number of nitrogens with one attached hydrogen (secondary N) is 1. The maximum atomic E-state index is 13.4. The molecule has 0 aliphatic heterocycles. The van der Waals surface area contributed by atoms with Crippen LogP contribution in [0.3, 0.4) is 0 Å². The lowest BCUT2D eigenvalue weighted by Gasteiger charge is -2.57. The van der Waals surface area contributed by atoms with Crippen molar-refractivity contribution in [2.45, 2.75) is 83.2 Å². The van der Waals surface area contributed by atoms with Crippen molar-refractivity contribution in [1.29, 1.82) is 0 Å². The van der Waals surface area contributed by atoms with E-state index < -0.39 is 12.0 Å². The summed E-state index contributed by atoms with van der Waals surface area (Å²) in [6, 6.07) is 0. The summed E-state index contributed by atoms with van der Waals surface area (Å²) in [5, 5.41) is 10.4. The SMILES string of the molecule is C[C@]12CC[C@H]3[C@@H](CC[C@@H]4C[C@@](O)(C(F)F)CC[C@@H]43)[C@@H]1CC[C@@H]2C(=O)Cc1cnc[nH]1. The van der Waals surface area contributed by atoms with Crippen molar-refractivity contribution >= 4 is 5.78 Å². The van der Waals surface area contributed by atoms with E-state index in [9.17, 15) is 18.7 Å². The normalized spacial score (nSPS) is 45.6. The van der Waals surface area contributed by atoms with Gasteiger partial charge in [0.2, 0.25) is 0 Å². The average Bonchev–Trinajstić information content (AvgIpc) is 3.34. The van der Waals surface area contributed by atoms with Crippen molar-refractivity contribution in [3.8, 4) is 0 Å². The van der Waals surface area contributed by atoms with Gasteiger partial charge in [-0.1, -0.05) is 6.92 Å². The van der Waals surface area contributed by atoms with Gasteiger partial charge in [0.15, 0.2) is 0 Å². The summed E-state index contributed by atoms with van der Waals surface area (Å²) in [7, 11) is 0. The molecule has 6 heteroatoms. The predicted molar refractivity (Wildman–Crippen MR) is 109 cm³/mol. The highest BCUT2D eigenvalue weighted by Crippen LogP contribution is 2.65. The highest BCUT2D eigenvalue weighted by Gasteiger charge is 2.59.